The molecule has 0 bridgehead atoms. The number of carbonyl (C=O) groups is 4. The van der Waals surface area contributed by atoms with Crippen molar-refractivity contribution >= 4 is 52.8 Å². The highest BCUT2D eigenvalue weighted by Crippen LogP contribution is 2.37. The number of carbonyl (C=O) groups excluding carboxylic acids is 4. The van der Waals surface area contributed by atoms with E-state index in [0.29, 0.717) is 23.6 Å². The van der Waals surface area contributed by atoms with Crippen LogP contribution >= 0.6 is 11.6 Å². The number of barbiturate groups is 1. The highest BCUT2D eigenvalue weighted by atomic mass is 35.5. The molecule has 5 amide bonds. The van der Waals surface area contributed by atoms with Crippen molar-refractivity contribution in [2.45, 2.75) is 20.5 Å². The minimum atomic E-state index is -0.886. The molecule has 0 saturated carbocycles. The summed E-state index contributed by atoms with van der Waals surface area (Å²) >= 11 is 6.49. The first kappa shape index (κ1) is 31.8. The SMILES string of the molecule is COc1cc(/C=C2/C(=O)NC(=O)N(c3ccc(OCc4ccccc4)cc3)C2=O)cc(Cl)c1OCC(=O)Nc1cc(C)ccc1C. The van der Waals surface area contributed by atoms with Gasteiger partial charge >= 0.3 is 6.03 Å². The van der Waals surface area contributed by atoms with Gasteiger partial charge in [-0.05, 0) is 84.6 Å². The number of hydrogen-bond acceptors (Lipinski definition) is 7. The van der Waals surface area contributed by atoms with Crippen LogP contribution < -0.4 is 29.7 Å². The van der Waals surface area contributed by atoms with Gasteiger partial charge in [0.1, 0.15) is 17.9 Å². The van der Waals surface area contributed by atoms with Crippen molar-refractivity contribution in [3.8, 4) is 17.2 Å². The molecule has 4 aromatic rings. The molecule has 0 atom stereocenters. The zero-order valence-corrected chi connectivity index (χ0v) is 26.0. The van der Waals surface area contributed by atoms with Crippen molar-refractivity contribution in [1.82, 2.24) is 5.32 Å². The van der Waals surface area contributed by atoms with Crippen LogP contribution in [0.4, 0.5) is 16.2 Å². The number of nitrogens with one attached hydrogen (secondary N) is 2. The maximum atomic E-state index is 13.4. The zero-order chi connectivity index (χ0) is 32.8. The quantitative estimate of drug-likeness (QED) is 0.156. The van der Waals surface area contributed by atoms with Crippen LogP contribution in [0.5, 0.6) is 17.2 Å². The molecule has 5 rings (SSSR count). The average molecular weight is 640 g/mol. The van der Waals surface area contributed by atoms with Crippen molar-refractivity contribution in [2.75, 3.05) is 23.9 Å². The van der Waals surface area contributed by atoms with Gasteiger partial charge in [-0.15, -0.1) is 0 Å². The number of imide groups is 2. The average Bonchev–Trinajstić information content (AvgIpc) is 3.04. The smallest absolute Gasteiger partial charge is 0.335 e. The Bertz CT molecular complexity index is 1840. The van der Waals surface area contributed by atoms with Crippen molar-refractivity contribution in [3.05, 3.63) is 118 Å². The van der Waals surface area contributed by atoms with Crippen LogP contribution in [0.2, 0.25) is 5.02 Å². The Morgan fingerprint density at radius 3 is 2.39 bits per heavy atom. The number of nitrogens with zero attached hydrogens (tertiary/aromatic N) is 1. The van der Waals surface area contributed by atoms with Crippen molar-refractivity contribution in [3.63, 3.8) is 0 Å². The molecule has 46 heavy (non-hydrogen) atoms. The molecule has 1 aliphatic heterocycles. The number of amides is 5. The van der Waals surface area contributed by atoms with Gasteiger partial charge in [0.25, 0.3) is 17.7 Å². The standard InChI is InChI=1S/C35H30ClN3O7/c1-21-9-10-22(2)29(15-21)37-31(40)20-46-32-28(36)17-24(18-30(32)44-3)16-27-33(41)38-35(43)39(34(27)42)25-11-13-26(14-12-25)45-19-23-7-5-4-6-8-23/h4-18H,19-20H2,1-3H3,(H,37,40)(H,38,41,43)/b27-16-. The largest absolute Gasteiger partial charge is 0.493 e. The molecule has 4 aromatic carbocycles. The number of urea groups is 1. The first-order chi connectivity index (χ1) is 22.1. The van der Waals surface area contributed by atoms with E-state index in [4.69, 9.17) is 25.8 Å². The number of anilines is 2. The van der Waals surface area contributed by atoms with Gasteiger partial charge in [0.15, 0.2) is 18.1 Å². The van der Waals surface area contributed by atoms with Gasteiger partial charge in [-0.2, -0.15) is 0 Å². The van der Waals surface area contributed by atoms with E-state index in [-0.39, 0.29) is 34.4 Å². The number of aryl methyl sites for hydroxylation is 2. The van der Waals surface area contributed by atoms with Crippen LogP contribution in [-0.4, -0.2) is 37.5 Å². The third-order valence-corrected chi connectivity index (χ3v) is 7.30. The molecule has 1 heterocycles. The predicted octanol–water partition coefficient (Wildman–Crippen LogP) is 6.23. The van der Waals surface area contributed by atoms with E-state index in [2.05, 4.69) is 10.6 Å². The molecule has 234 valence electrons. The van der Waals surface area contributed by atoms with Crippen LogP contribution in [0.15, 0.2) is 90.5 Å². The second-order valence-corrected chi connectivity index (χ2v) is 10.8. The first-order valence-corrected chi connectivity index (χ1v) is 14.6. The maximum Gasteiger partial charge on any atom is 0.335 e. The summed E-state index contributed by atoms with van der Waals surface area (Å²) in [6.45, 7) is 3.81. The van der Waals surface area contributed by atoms with Crippen molar-refractivity contribution in [2.24, 2.45) is 0 Å². The Labute approximate surface area is 270 Å². The van der Waals surface area contributed by atoms with E-state index in [1.165, 1.54) is 25.3 Å². The third-order valence-electron chi connectivity index (χ3n) is 7.02. The molecule has 0 unspecified atom stereocenters. The summed E-state index contributed by atoms with van der Waals surface area (Å²) in [5, 5.41) is 5.09. The molecular formula is C35H30ClN3O7. The van der Waals surface area contributed by atoms with E-state index < -0.39 is 23.8 Å². The maximum absolute atomic E-state index is 13.4. The highest BCUT2D eigenvalue weighted by molar-refractivity contribution is 6.39. The number of hydrogen-bond donors (Lipinski definition) is 2. The van der Waals surface area contributed by atoms with E-state index >= 15 is 0 Å². The lowest BCUT2D eigenvalue weighted by Gasteiger charge is -2.26. The van der Waals surface area contributed by atoms with Crippen LogP contribution in [0.3, 0.4) is 0 Å². The van der Waals surface area contributed by atoms with E-state index in [0.717, 1.165) is 21.6 Å². The van der Waals surface area contributed by atoms with Gasteiger partial charge in [-0.1, -0.05) is 54.1 Å². The molecule has 2 N–H and O–H groups in total. The molecule has 0 spiro atoms. The number of halogens is 1. The second kappa shape index (κ2) is 14.0. The fourth-order valence-corrected chi connectivity index (χ4v) is 4.92. The van der Waals surface area contributed by atoms with Crippen LogP contribution in [-0.2, 0) is 21.0 Å². The van der Waals surface area contributed by atoms with Crippen molar-refractivity contribution < 1.29 is 33.4 Å². The molecule has 0 aromatic heterocycles. The topological polar surface area (TPSA) is 123 Å². The molecule has 1 saturated heterocycles. The zero-order valence-electron chi connectivity index (χ0n) is 25.3. The third kappa shape index (κ3) is 7.36. The van der Waals surface area contributed by atoms with Gasteiger partial charge < -0.3 is 19.5 Å². The molecule has 1 fully saturated rings. The van der Waals surface area contributed by atoms with Crippen LogP contribution in [0, 0.1) is 13.8 Å². The van der Waals surface area contributed by atoms with Crippen LogP contribution in [0.25, 0.3) is 6.08 Å². The summed E-state index contributed by atoms with van der Waals surface area (Å²) in [6.07, 6.45) is 1.29. The lowest BCUT2D eigenvalue weighted by atomic mass is 10.1. The summed E-state index contributed by atoms with van der Waals surface area (Å²) < 4.78 is 16.9. The number of methoxy groups -OCH3 is 1. The Kier molecular flexibility index (Phi) is 9.68. The van der Waals surface area contributed by atoms with E-state index in [9.17, 15) is 19.2 Å². The van der Waals surface area contributed by atoms with Crippen LogP contribution in [0.1, 0.15) is 22.3 Å². The fraction of sp³-hybridized carbons (Fsp3) is 0.143. The van der Waals surface area contributed by atoms with Gasteiger partial charge in [0.2, 0.25) is 0 Å². The molecule has 0 aliphatic carbocycles. The minimum Gasteiger partial charge on any atom is -0.493 e. The number of ether oxygens (including phenoxy) is 3. The minimum absolute atomic E-state index is 0.0772. The van der Waals surface area contributed by atoms with E-state index in [1.807, 2.05) is 62.4 Å². The van der Waals surface area contributed by atoms with Gasteiger partial charge in [0.05, 0.1) is 17.8 Å². The number of benzene rings is 4. The molecule has 1 aliphatic rings. The normalized spacial score (nSPS) is 13.8. The molecule has 10 nitrogen and oxygen atoms in total. The monoisotopic (exact) mass is 639 g/mol. The molecular weight excluding hydrogens is 610 g/mol. The highest BCUT2D eigenvalue weighted by Gasteiger charge is 2.37. The number of rotatable bonds is 10. The first-order valence-electron chi connectivity index (χ1n) is 14.2. The van der Waals surface area contributed by atoms with E-state index in [1.54, 1.807) is 24.3 Å². The van der Waals surface area contributed by atoms with Crippen molar-refractivity contribution in [1.29, 1.82) is 0 Å². The summed E-state index contributed by atoms with van der Waals surface area (Å²) in [5.74, 6) is -1.29. The fourth-order valence-electron chi connectivity index (χ4n) is 4.65. The molecule has 11 heteroatoms. The predicted molar refractivity (Wildman–Crippen MR) is 174 cm³/mol. The Balaban J connectivity index is 1.30. The summed E-state index contributed by atoms with van der Waals surface area (Å²) in [5.41, 5.74) is 3.82. The Morgan fingerprint density at radius 1 is 0.935 bits per heavy atom. The molecule has 0 radical (unpaired) electrons. The Hall–Kier alpha value is -5.61. The second-order valence-electron chi connectivity index (χ2n) is 10.4. The lowest BCUT2D eigenvalue weighted by molar-refractivity contribution is -0.122. The summed E-state index contributed by atoms with van der Waals surface area (Å²) in [7, 11) is 1.39. The van der Waals surface area contributed by atoms with Gasteiger partial charge in [-0.3, -0.25) is 19.7 Å². The summed E-state index contributed by atoms with van der Waals surface area (Å²) in [4.78, 5) is 52.4. The Morgan fingerprint density at radius 2 is 1.67 bits per heavy atom. The van der Waals surface area contributed by atoms with Gasteiger partial charge in [-0.25, -0.2) is 9.69 Å². The lowest BCUT2D eigenvalue weighted by Crippen LogP contribution is -2.54. The van der Waals surface area contributed by atoms with Gasteiger partial charge in [0, 0.05) is 5.69 Å². The summed E-state index contributed by atoms with van der Waals surface area (Å²) in [6, 6.07) is 23.8.